The molecule has 6 unspecified atom stereocenters. The summed E-state index contributed by atoms with van der Waals surface area (Å²) in [4.78, 5) is 11.3. The van der Waals surface area contributed by atoms with Crippen LogP contribution in [0.15, 0.2) is 28.4 Å². The fraction of sp³-hybridized carbons (Fsp3) is 0.562. The van der Waals surface area contributed by atoms with Gasteiger partial charge >= 0.3 is 5.97 Å². The van der Waals surface area contributed by atoms with Crippen LogP contribution in [-0.2, 0) is 11.2 Å². The van der Waals surface area contributed by atoms with Gasteiger partial charge in [0.1, 0.15) is 22.7 Å². The fourth-order valence-corrected chi connectivity index (χ4v) is 8.36. The van der Waals surface area contributed by atoms with Gasteiger partial charge in [-0.2, -0.15) is 0 Å². The van der Waals surface area contributed by atoms with Crippen LogP contribution in [0.5, 0.6) is 11.5 Å². The first-order chi connectivity index (χ1) is 18.5. The Morgan fingerprint density at radius 2 is 1.95 bits per heavy atom. The average Bonchev–Trinajstić information content (AvgIpc) is 3.43. The van der Waals surface area contributed by atoms with Crippen molar-refractivity contribution in [1.29, 1.82) is 0 Å². The first kappa shape index (κ1) is 27.3. The van der Waals surface area contributed by atoms with Gasteiger partial charge < -0.3 is 24.6 Å². The van der Waals surface area contributed by atoms with Crippen LogP contribution >= 0.6 is 0 Å². The number of terminal acetylenes is 1. The third-order valence-electron chi connectivity index (χ3n) is 10.4. The Hall–Kier alpha value is -3.24. The van der Waals surface area contributed by atoms with Crippen LogP contribution in [0.4, 0.5) is 0 Å². The number of carbonyl (C=O) groups is 1. The summed E-state index contributed by atoms with van der Waals surface area (Å²) >= 11 is 0. The smallest absolute Gasteiger partial charge is 0.342 e. The largest absolute Gasteiger partial charge is 0.508 e. The van der Waals surface area contributed by atoms with E-state index in [1.54, 1.807) is 19.4 Å². The minimum Gasteiger partial charge on any atom is -0.508 e. The van der Waals surface area contributed by atoms with Gasteiger partial charge in [0.15, 0.2) is 5.76 Å². The molecule has 0 spiro atoms. The van der Waals surface area contributed by atoms with Crippen LogP contribution in [-0.4, -0.2) is 38.7 Å². The number of allylic oxidation sites excluding steroid dienone is 1. The van der Waals surface area contributed by atoms with E-state index in [9.17, 15) is 15.0 Å². The Balaban J connectivity index is 0.000000189. The van der Waals surface area contributed by atoms with Gasteiger partial charge in [-0.1, -0.05) is 30.5 Å². The number of aliphatic hydroxyl groups is 1. The molecule has 39 heavy (non-hydrogen) atoms. The van der Waals surface area contributed by atoms with Crippen molar-refractivity contribution in [3.05, 3.63) is 46.4 Å². The molecule has 1 aromatic heterocycles. The van der Waals surface area contributed by atoms with Crippen molar-refractivity contribution >= 4 is 12.0 Å². The topological polar surface area (TPSA) is 113 Å². The quantitative estimate of drug-likeness (QED) is 0.330. The van der Waals surface area contributed by atoms with Crippen LogP contribution in [0.3, 0.4) is 0 Å². The maximum absolute atomic E-state index is 11.3. The summed E-state index contributed by atoms with van der Waals surface area (Å²) in [6.45, 7) is 8.26. The van der Waals surface area contributed by atoms with E-state index in [0.29, 0.717) is 23.3 Å². The summed E-state index contributed by atoms with van der Waals surface area (Å²) in [6.07, 6.45) is 17.4. The molecule has 6 atom stereocenters. The van der Waals surface area contributed by atoms with Gasteiger partial charge in [0, 0.05) is 17.0 Å². The number of aromatic hydroxyl groups is 2. The van der Waals surface area contributed by atoms with Gasteiger partial charge in [0.05, 0.1) is 12.8 Å². The van der Waals surface area contributed by atoms with Crippen molar-refractivity contribution in [3.63, 3.8) is 0 Å². The highest BCUT2D eigenvalue weighted by Crippen LogP contribution is 2.67. The van der Waals surface area contributed by atoms with Crippen LogP contribution < -0.4 is 0 Å². The van der Waals surface area contributed by atoms with E-state index in [0.717, 1.165) is 50.4 Å². The van der Waals surface area contributed by atoms with Crippen LogP contribution in [0, 0.1) is 47.9 Å². The Morgan fingerprint density at radius 3 is 2.64 bits per heavy atom. The lowest BCUT2D eigenvalue weighted by Gasteiger charge is -2.58. The zero-order chi connectivity index (χ0) is 28.2. The molecule has 3 fully saturated rings. The fourth-order valence-electron chi connectivity index (χ4n) is 8.36. The monoisotopic (exact) mass is 533 g/mol. The predicted octanol–water partition coefficient (Wildman–Crippen LogP) is 5.80. The molecular formula is C32H39NO6. The summed E-state index contributed by atoms with van der Waals surface area (Å²) in [6, 6.07) is 2.51. The number of benzene rings is 1. The van der Waals surface area contributed by atoms with Crippen molar-refractivity contribution in [2.75, 3.05) is 6.61 Å². The number of phenolic OH excluding ortho intramolecular Hbond substituents is 2. The second kappa shape index (κ2) is 9.75. The Bertz CT molecular complexity index is 1330. The summed E-state index contributed by atoms with van der Waals surface area (Å²) in [5, 5.41) is 33.6. The SMILES string of the molecule is C#CC1(O)CCC2C3CCC4=Cc5oncc5CC4(C)C3CCC21C.CCOC(=O)c1c(C)cc(O)cc1O. The average molecular weight is 534 g/mol. The number of phenols is 2. The molecule has 0 bridgehead atoms. The molecule has 3 N–H and O–H groups in total. The van der Waals surface area contributed by atoms with E-state index in [2.05, 4.69) is 31.0 Å². The summed E-state index contributed by atoms with van der Waals surface area (Å²) < 4.78 is 10.2. The maximum atomic E-state index is 11.3. The zero-order valence-electron chi connectivity index (χ0n) is 23.3. The molecule has 208 valence electrons. The number of hydrogen-bond acceptors (Lipinski definition) is 7. The molecular weight excluding hydrogens is 494 g/mol. The predicted molar refractivity (Wildman–Crippen MR) is 147 cm³/mol. The molecule has 0 aliphatic heterocycles. The number of aryl methyl sites for hydroxylation is 1. The summed E-state index contributed by atoms with van der Waals surface area (Å²) in [7, 11) is 0. The van der Waals surface area contributed by atoms with Gasteiger partial charge in [0.2, 0.25) is 0 Å². The first-order valence-corrected chi connectivity index (χ1v) is 14.0. The van der Waals surface area contributed by atoms with Crippen molar-refractivity contribution < 1.29 is 29.4 Å². The van der Waals surface area contributed by atoms with Gasteiger partial charge in [-0.25, -0.2) is 4.79 Å². The number of hydrogen-bond donors (Lipinski definition) is 3. The Morgan fingerprint density at radius 1 is 1.21 bits per heavy atom. The van der Waals surface area contributed by atoms with Crippen LogP contribution in [0.1, 0.15) is 86.5 Å². The third-order valence-corrected chi connectivity index (χ3v) is 10.4. The molecule has 4 aliphatic rings. The van der Waals surface area contributed by atoms with E-state index in [-0.39, 0.29) is 34.5 Å². The van der Waals surface area contributed by atoms with E-state index >= 15 is 0 Å². The minimum atomic E-state index is -0.909. The number of nitrogens with zero attached hydrogens (tertiary/aromatic N) is 1. The highest BCUT2D eigenvalue weighted by atomic mass is 16.5. The molecule has 0 amide bonds. The van der Waals surface area contributed by atoms with Gasteiger partial charge in [-0.15, -0.1) is 6.42 Å². The Labute approximate surface area is 230 Å². The highest BCUT2D eigenvalue weighted by Gasteiger charge is 2.63. The Kier molecular flexibility index (Phi) is 6.83. The van der Waals surface area contributed by atoms with Crippen LogP contribution in [0.25, 0.3) is 6.08 Å². The molecule has 1 aromatic carbocycles. The molecule has 4 aliphatic carbocycles. The lowest BCUT2D eigenvalue weighted by atomic mass is 9.46. The van der Waals surface area contributed by atoms with Crippen molar-refractivity contribution in [1.82, 2.24) is 5.16 Å². The normalized spacial score (nSPS) is 34.2. The first-order valence-electron chi connectivity index (χ1n) is 14.0. The van der Waals surface area contributed by atoms with E-state index in [1.165, 1.54) is 18.1 Å². The molecule has 6 rings (SSSR count). The van der Waals surface area contributed by atoms with E-state index in [4.69, 9.17) is 20.8 Å². The molecule has 2 aromatic rings. The number of fused-ring (bicyclic) bond motifs is 6. The molecule has 7 nitrogen and oxygen atoms in total. The summed E-state index contributed by atoms with van der Waals surface area (Å²) in [5.74, 6) is 4.72. The summed E-state index contributed by atoms with van der Waals surface area (Å²) in [5.41, 5.74) is 2.58. The number of aromatic nitrogens is 1. The number of esters is 1. The van der Waals surface area contributed by atoms with Gasteiger partial charge in [-0.05, 0) is 99.7 Å². The molecule has 0 radical (unpaired) electrons. The number of carbonyl (C=O) groups excluding carboxylic acids is 1. The van der Waals surface area contributed by atoms with E-state index < -0.39 is 11.6 Å². The molecule has 3 saturated carbocycles. The maximum Gasteiger partial charge on any atom is 0.342 e. The van der Waals surface area contributed by atoms with Crippen molar-refractivity contribution in [3.8, 4) is 23.8 Å². The van der Waals surface area contributed by atoms with Crippen molar-refractivity contribution in [2.45, 2.75) is 78.2 Å². The molecule has 1 heterocycles. The minimum absolute atomic E-state index is 0.0759. The standard InChI is InChI=1S/C22H27NO2.C10H12O4/c1-4-22(24)10-8-18-16-6-5-15-11-19-14(13-23-25-19)12-20(15,2)17(16)7-9-21(18,22)3;1-3-14-10(13)9-6(2)4-7(11)5-8(9)12/h1,11,13,16-18,24H,5-10,12H2,2-3H3;4-5,11-12H,3H2,1-2H3. The second-order valence-electron chi connectivity index (χ2n) is 12.3. The zero-order valence-corrected chi connectivity index (χ0v) is 23.3. The molecule has 7 heteroatoms. The van der Waals surface area contributed by atoms with Gasteiger partial charge in [0.25, 0.3) is 0 Å². The lowest BCUT2D eigenvalue weighted by Crippen LogP contribution is -2.54. The second-order valence-corrected chi connectivity index (χ2v) is 12.3. The number of rotatable bonds is 2. The van der Waals surface area contributed by atoms with Crippen LogP contribution in [0.2, 0.25) is 0 Å². The van der Waals surface area contributed by atoms with Crippen molar-refractivity contribution in [2.24, 2.45) is 28.6 Å². The number of ether oxygens (including phenoxy) is 1. The van der Waals surface area contributed by atoms with Gasteiger partial charge in [-0.3, -0.25) is 0 Å². The highest BCUT2D eigenvalue weighted by molar-refractivity contribution is 5.94. The lowest BCUT2D eigenvalue weighted by molar-refractivity contribution is -0.0975. The van der Waals surface area contributed by atoms with E-state index in [1.807, 2.05) is 6.20 Å². The molecule has 0 saturated heterocycles. The third kappa shape index (κ3) is 4.24.